The van der Waals surface area contributed by atoms with E-state index in [0.29, 0.717) is 23.0 Å². The normalized spacial score (nSPS) is 16.1. The molecule has 0 radical (unpaired) electrons. The van der Waals surface area contributed by atoms with Gasteiger partial charge in [-0.15, -0.1) is 11.8 Å². The predicted octanol–water partition coefficient (Wildman–Crippen LogP) is 4.40. The summed E-state index contributed by atoms with van der Waals surface area (Å²) in [6.07, 6.45) is 0.974. The van der Waals surface area contributed by atoms with Crippen LogP contribution < -0.4 is 10.2 Å². The van der Waals surface area contributed by atoms with Gasteiger partial charge in [0.25, 0.3) is 0 Å². The molecule has 0 fully saturated rings. The summed E-state index contributed by atoms with van der Waals surface area (Å²) >= 11 is 1.80. The summed E-state index contributed by atoms with van der Waals surface area (Å²) in [6.45, 7) is 2.75. The van der Waals surface area contributed by atoms with E-state index in [0.717, 1.165) is 17.0 Å². The lowest BCUT2D eigenvalue weighted by molar-refractivity contribution is 0.0602. The lowest BCUT2D eigenvalue weighted by atomic mass is 10.2. The number of hydrogen-bond acceptors (Lipinski definition) is 4. The Morgan fingerprint density at radius 3 is 2.68 bits per heavy atom. The first-order valence-electron chi connectivity index (χ1n) is 8.15. The second-order valence-corrected chi connectivity index (χ2v) is 7.04. The quantitative estimate of drug-likeness (QED) is 0.829. The summed E-state index contributed by atoms with van der Waals surface area (Å²) in [5.74, 6) is -0.475. The van der Waals surface area contributed by atoms with Crippen LogP contribution >= 0.6 is 11.8 Å². The number of para-hydroxylation sites is 2. The molecular weight excluding hydrogens is 336 g/mol. The number of carbonyl (C=O) groups excluding carboxylic acids is 2. The highest BCUT2D eigenvalue weighted by atomic mass is 32.2. The van der Waals surface area contributed by atoms with Crippen molar-refractivity contribution in [3.05, 3.63) is 54.1 Å². The molecule has 1 aliphatic rings. The van der Waals surface area contributed by atoms with Crippen LogP contribution in [-0.4, -0.2) is 30.9 Å². The molecule has 3 rings (SSSR count). The number of nitrogens with zero attached hydrogens (tertiary/aromatic N) is 1. The van der Waals surface area contributed by atoms with E-state index in [1.807, 2.05) is 24.3 Å². The maximum atomic E-state index is 12.9. The SMILES string of the molecule is CC[C@@H]1CN(C(=O)Nc2ccccc2C(=O)OC)c2ccccc2S1. The Morgan fingerprint density at radius 1 is 1.20 bits per heavy atom. The summed E-state index contributed by atoms with van der Waals surface area (Å²) in [4.78, 5) is 27.6. The van der Waals surface area contributed by atoms with Crippen molar-refractivity contribution < 1.29 is 14.3 Å². The van der Waals surface area contributed by atoms with E-state index in [-0.39, 0.29) is 6.03 Å². The highest BCUT2D eigenvalue weighted by Crippen LogP contribution is 2.39. The largest absolute Gasteiger partial charge is 0.465 e. The maximum Gasteiger partial charge on any atom is 0.339 e. The fourth-order valence-corrected chi connectivity index (χ4v) is 3.97. The van der Waals surface area contributed by atoms with Crippen LogP contribution in [0.25, 0.3) is 0 Å². The molecule has 0 aliphatic carbocycles. The monoisotopic (exact) mass is 356 g/mol. The lowest BCUT2D eigenvalue weighted by Crippen LogP contribution is -2.42. The highest BCUT2D eigenvalue weighted by molar-refractivity contribution is 8.00. The minimum atomic E-state index is -0.475. The smallest absolute Gasteiger partial charge is 0.339 e. The molecule has 5 nitrogen and oxygen atoms in total. The van der Waals surface area contributed by atoms with Gasteiger partial charge in [-0.3, -0.25) is 4.90 Å². The zero-order valence-corrected chi connectivity index (χ0v) is 15.0. The third kappa shape index (κ3) is 3.64. The molecule has 1 heterocycles. The van der Waals surface area contributed by atoms with Crippen LogP contribution in [-0.2, 0) is 4.74 Å². The molecule has 1 aliphatic heterocycles. The molecule has 6 heteroatoms. The predicted molar refractivity (Wildman–Crippen MR) is 101 cm³/mol. The Bertz CT molecular complexity index is 794. The molecule has 0 saturated heterocycles. The minimum Gasteiger partial charge on any atom is -0.465 e. The number of benzene rings is 2. The van der Waals surface area contributed by atoms with Crippen LogP contribution in [0.4, 0.5) is 16.2 Å². The van der Waals surface area contributed by atoms with E-state index in [9.17, 15) is 9.59 Å². The number of nitrogens with one attached hydrogen (secondary N) is 1. The molecule has 2 aromatic carbocycles. The van der Waals surface area contributed by atoms with E-state index in [2.05, 4.69) is 12.2 Å². The van der Waals surface area contributed by atoms with Crippen LogP contribution in [0.15, 0.2) is 53.4 Å². The molecular formula is C19H20N2O3S. The molecule has 1 N–H and O–H groups in total. The van der Waals surface area contributed by atoms with Crippen LogP contribution in [0.2, 0.25) is 0 Å². The average molecular weight is 356 g/mol. The number of hydrogen-bond donors (Lipinski definition) is 1. The lowest BCUT2D eigenvalue weighted by Gasteiger charge is -2.33. The number of amides is 2. The van der Waals surface area contributed by atoms with Crippen LogP contribution in [0.1, 0.15) is 23.7 Å². The number of thioether (sulfide) groups is 1. The van der Waals surface area contributed by atoms with Crippen LogP contribution in [0.3, 0.4) is 0 Å². The number of anilines is 2. The van der Waals surface area contributed by atoms with E-state index in [4.69, 9.17) is 4.74 Å². The average Bonchev–Trinajstić information content (AvgIpc) is 2.66. The van der Waals surface area contributed by atoms with E-state index >= 15 is 0 Å². The molecule has 0 aromatic heterocycles. The van der Waals surface area contributed by atoms with Gasteiger partial charge in [-0.1, -0.05) is 31.2 Å². The molecule has 2 amide bonds. The third-order valence-electron chi connectivity index (χ3n) is 4.11. The summed E-state index contributed by atoms with van der Waals surface area (Å²) in [6, 6.07) is 14.5. The maximum absolute atomic E-state index is 12.9. The van der Waals surface area contributed by atoms with Gasteiger partial charge in [0.1, 0.15) is 0 Å². The molecule has 1 atom stereocenters. The van der Waals surface area contributed by atoms with Crippen LogP contribution in [0, 0.1) is 0 Å². The molecule has 0 spiro atoms. The van der Waals surface area contributed by atoms with Gasteiger partial charge >= 0.3 is 12.0 Å². The van der Waals surface area contributed by atoms with Gasteiger partial charge in [-0.2, -0.15) is 0 Å². The minimum absolute atomic E-state index is 0.248. The van der Waals surface area contributed by atoms with Gasteiger partial charge in [0.05, 0.1) is 24.0 Å². The molecule has 0 unspecified atom stereocenters. The first kappa shape index (κ1) is 17.4. The van der Waals surface area contributed by atoms with Gasteiger partial charge in [0, 0.05) is 16.7 Å². The Hall–Kier alpha value is -2.47. The highest BCUT2D eigenvalue weighted by Gasteiger charge is 2.28. The Morgan fingerprint density at radius 2 is 1.92 bits per heavy atom. The van der Waals surface area contributed by atoms with Crippen molar-refractivity contribution in [3.8, 4) is 0 Å². The van der Waals surface area contributed by atoms with Crippen LogP contribution in [0.5, 0.6) is 0 Å². The van der Waals surface area contributed by atoms with Gasteiger partial charge < -0.3 is 10.1 Å². The Kier molecular flexibility index (Phi) is 5.28. The second-order valence-electron chi connectivity index (χ2n) is 5.69. The number of urea groups is 1. The topological polar surface area (TPSA) is 58.6 Å². The van der Waals surface area contributed by atoms with Crippen molar-refractivity contribution in [2.75, 3.05) is 23.9 Å². The first-order valence-corrected chi connectivity index (χ1v) is 9.03. The fourth-order valence-electron chi connectivity index (χ4n) is 2.77. The molecule has 2 aromatic rings. The van der Waals surface area contributed by atoms with Gasteiger partial charge in [0.15, 0.2) is 0 Å². The van der Waals surface area contributed by atoms with Crippen molar-refractivity contribution in [1.82, 2.24) is 0 Å². The van der Waals surface area contributed by atoms with Crippen molar-refractivity contribution in [2.24, 2.45) is 0 Å². The number of fused-ring (bicyclic) bond motifs is 1. The van der Waals surface area contributed by atoms with Crippen molar-refractivity contribution in [2.45, 2.75) is 23.5 Å². The molecule has 130 valence electrons. The summed E-state index contributed by atoms with van der Waals surface area (Å²) in [5, 5.41) is 3.20. The first-order chi connectivity index (χ1) is 12.1. The zero-order chi connectivity index (χ0) is 17.8. The second kappa shape index (κ2) is 7.61. The molecule has 0 bridgehead atoms. The van der Waals surface area contributed by atoms with Gasteiger partial charge in [0.2, 0.25) is 0 Å². The fraction of sp³-hybridized carbons (Fsp3) is 0.263. The number of rotatable bonds is 3. The van der Waals surface area contributed by atoms with Gasteiger partial charge in [-0.05, 0) is 30.7 Å². The third-order valence-corrected chi connectivity index (χ3v) is 5.53. The van der Waals surface area contributed by atoms with Gasteiger partial charge in [-0.25, -0.2) is 9.59 Å². The molecule has 0 saturated carbocycles. The Balaban J connectivity index is 1.88. The summed E-state index contributed by atoms with van der Waals surface area (Å²) < 4.78 is 4.79. The number of esters is 1. The van der Waals surface area contributed by atoms with E-state index < -0.39 is 5.97 Å². The standard InChI is InChI=1S/C19H20N2O3S/c1-3-13-12-21(16-10-6-7-11-17(16)25-13)19(23)20-15-9-5-4-8-14(15)18(22)24-2/h4-11,13H,3,12H2,1-2H3,(H,20,23)/t13-/m1/s1. The Labute approximate surface area is 151 Å². The van der Waals surface area contributed by atoms with Crippen molar-refractivity contribution >= 4 is 35.1 Å². The zero-order valence-electron chi connectivity index (χ0n) is 14.2. The van der Waals surface area contributed by atoms with Crippen molar-refractivity contribution in [3.63, 3.8) is 0 Å². The van der Waals surface area contributed by atoms with E-state index in [1.165, 1.54) is 7.11 Å². The number of ether oxygens (including phenoxy) is 1. The van der Waals surface area contributed by atoms with E-state index in [1.54, 1.807) is 40.9 Å². The summed E-state index contributed by atoms with van der Waals surface area (Å²) in [5.41, 5.74) is 1.68. The van der Waals surface area contributed by atoms with Crippen molar-refractivity contribution in [1.29, 1.82) is 0 Å². The number of carbonyl (C=O) groups is 2. The molecule has 25 heavy (non-hydrogen) atoms. The summed E-state index contributed by atoms with van der Waals surface area (Å²) in [7, 11) is 1.32. The number of methoxy groups -OCH3 is 1.